The summed E-state index contributed by atoms with van der Waals surface area (Å²) in [5.74, 6) is 0.441. The minimum atomic E-state index is -0.452. The van der Waals surface area contributed by atoms with E-state index in [4.69, 9.17) is 0 Å². The molecule has 0 bridgehead atoms. The normalized spacial score (nSPS) is 12.5. The van der Waals surface area contributed by atoms with Crippen LogP contribution in [0.1, 0.15) is 45.6 Å². The Morgan fingerprint density at radius 1 is 1.27 bits per heavy atom. The minimum Gasteiger partial charge on any atom is -0.350 e. The zero-order chi connectivity index (χ0) is 16.5. The third kappa shape index (κ3) is 6.52. The number of rotatable bonds is 8. The average Bonchev–Trinajstić information content (AvgIpc) is 2.44. The first-order valence-corrected chi connectivity index (χ1v) is 7.62. The maximum absolute atomic E-state index is 11.8. The van der Waals surface area contributed by atoms with E-state index in [2.05, 4.69) is 19.2 Å². The van der Waals surface area contributed by atoms with Crippen LogP contribution in [0, 0.1) is 16.0 Å². The number of hydrogen-bond acceptors (Lipinski definition) is 3. The molecular formula is C17H24N2O3. The van der Waals surface area contributed by atoms with Crippen LogP contribution in [-0.2, 0) is 4.79 Å². The Labute approximate surface area is 131 Å². The molecule has 1 rings (SSSR count). The fraction of sp³-hybridized carbons (Fsp3) is 0.471. The van der Waals surface area contributed by atoms with Crippen LogP contribution in [-0.4, -0.2) is 16.9 Å². The van der Waals surface area contributed by atoms with Gasteiger partial charge in [0.2, 0.25) is 5.91 Å². The number of nitro groups is 1. The molecule has 1 unspecified atom stereocenters. The van der Waals surface area contributed by atoms with E-state index in [0.717, 1.165) is 19.3 Å². The van der Waals surface area contributed by atoms with Crippen molar-refractivity contribution >= 4 is 17.7 Å². The van der Waals surface area contributed by atoms with Crippen molar-refractivity contribution in [2.75, 3.05) is 0 Å². The molecule has 0 aliphatic carbocycles. The number of nitrogens with zero attached hydrogens (tertiary/aromatic N) is 1. The van der Waals surface area contributed by atoms with Crippen LogP contribution >= 0.6 is 0 Å². The van der Waals surface area contributed by atoms with Crippen LogP contribution in [0.5, 0.6) is 0 Å². The number of amides is 1. The van der Waals surface area contributed by atoms with Gasteiger partial charge in [-0.2, -0.15) is 0 Å². The molecule has 1 aromatic carbocycles. The Kier molecular flexibility index (Phi) is 7.29. The molecule has 0 heterocycles. The van der Waals surface area contributed by atoms with Gasteiger partial charge in [0.1, 0.15) is 0 Å². The Hall–Kier alpha value is -2.17. The lowest BCUT2D eigenvalue weighted by atomic mass is 10.0. The number of carbonyl (C=O) groups is 1. The van der Waals surface area contributed by atoms with Crippen molar-refractivity contribution in [2.45, 2.75) is 46.1 Å². The van der Waals surface area contributed by atoms with E-state index in [-0.39, 0.29) is 17.6 Å². The molecular weight excluding hydrogens is 280 g/mol. The topological polar surface area (TPSA) is 72.2 Å². The highest BCUT2D eigenvalue weighted by Crippen LogP contribution is 2.18. The highest BCUT2D eigenvalue weighted by Gasteiger charge is 2.10. The molecule has 0 aliphatic rings. The summed E-state index contributed by atoms with van der Waals surface area (Å²) < 4.78 is 0. The summed E-state index contributed by atoms with van der Waals surface area (Å²) in [7, 11) is 0. The van der Waals surface area contributed by atoms with Crippen LogP contribution in [0.25, 0.3) is 6.08 Å². The molecule has 1 N–H and O–H groups in total. The second kappa shape index (κ2) is 8.97. The quantitative estimate of drug-likeness (QED) is 0.449. The lowest BCUT2D eigenvalue weighted by molar-refractivity contribution is -0.385. The Morgan fingerprint density at radius 3 is 2.59 bits per heavy atom. The third-order valence-corrected chi connectivity index (χ3v) is 3.35. The van der Waals surface area contributed by atoms with Gasteiger partial charge in [0.15, 0.2) is 0 Å². The summed E-state index contributed by atoms with van der Waals surface area (Å²) in [6.07, 6.45) is 5.98. The van der Waals surface area contributed by atoms with E-state index in [9.17, 15) is 14.9 Å². The van der Waals surface area contributed by atoms with E-state index < -0.39 is 4.92 Å². The van der Waals surface area contributed by atoms with Gasteiger partial charge in [-0.25, -0.2) is 0 Å². The maximum atomic E-state index is 11.8. The molecule has 0 fully saturated rings. The predicted octanol–water partition coefficient (Wildman–Crippen LogP) is 3.94. The standard InChI is InChI=1S/C17H24N2O3/c1-13(2)7-6-8-14(3)18-17(20)12-11-15-9-4-5-10-16(15)19(21)22/h4-5,9-14H,6-8H2,1-3H3,(H,18,20)/b12-11+. The van der Waals surface area contributed by atoms with Gasteiger partial charge < -0.3 is 5.32 Å². The van der Waals surface area contributed by atoms with Crippen molar-refractivity contribution in [2.24, 2.45) is 5.92 Å². The van der Waals surface area contributed by atoms with Gasteiger partial charge in [0, 0.05) is 18.2 Å². The van der Waals surface area contributed by atoms with Gasteiger partial charge in [0.05, 0.1) is 10.5 Å². The molecule has 0 aliphatic heterocycles. The summed E-state index contributed by atoms with van der Waals surface area (Å²) in [6, 6.07) is 6.45. The van der Waals surface area contributed by atoms with Crippen LogP contribution in [0.4, 0.5) is 5.69 Å². The second-order valence-electron chi connectivity index (χ2n) is 5.88. The van der Waals surface area contributed by atoms with Crippen molar-refractivity contribution < 1.29 is 9.72 Å². The summed E-state index contributed by atoms with van der Waals surface area (Å²) in [6.45, 7) is 6.33. The third-order valence-electron chi connectivity index (χ3n) is 3.35. The molecule has 5 nitrogen and oxygen atoms in total. The number of benzene rings is 1. The number of nitrogens with one attached hydrogen (secondary N) is 1. The van der Waals surface area contributed by atoms with Crippen LogP contribution in [0.2, 0.25) is 0 Å². The first-order valence-electron chi connectivity index (χ1n) is 7.62. The van der Waals surface area contributed by atoms with Gasteiger partial charge in [0.25, 0.3) is 5.69 Å². The van der Waals surface area contributed by atoms with Crippen molar-refractivity contribution in [1.29, 1.82) is 0 Å². The zero-order valence-electron chi connectivity index (χ0n) is 13.4. The molecule has 1 atom stereocenters. The van der Waals surface area contributed by atoms with Crippen LogP contribution < -0.4 is 5.32 Å². The van der Waals surface area contributed by atoms with E-state index in [1.165, 1.54) is 18.2 Å². The van der Waals surface area contributed by atoms with Gasteiger partial charge >= 0.3 is 0 Å². The fourth-order valence-electron chi connectivity index (χ4n) is 2.16. The Morgan fingerprint density at radius 2 is 1.95 bits per heavy atom. The molecule has 5 heteroatoms. The summed E-state index contributed by atoms with van der Waals surface area (Å²) in [4.78, 5) is 22.3. The maximum Gasteiger partial charge on any atom is 0.276 e. The number of para-hydroxylation sites is 1. The lowest BCUT2D eigenvalue weighted by Crippen LogP contribution is -2.31. The highest BCUT2D eigenvalue weighted by atomic mass is 16.6. The first-order chi connectivity index (χ1) is 10.4. The van der Waals surface area contributed by atoms with Crippen LogP contribution in [0.3, 0.4) is 0 Å². The fourth-order valence-corrected chi connectivity index (χ4v) is 2.16. The molecule has 22 heavy (non-hydrogen) atoms. The molecule has 0 saturated heterocycles. The van der Waals surface area contributed by atoms with Crippen molar-refractivity contribution in [1.82, 2.24) is 5.32 Å². The van der Waals surface area contributed by atoms with E-state index in [0.29, 0.717) is 11.5 Å². The molecule has 1 amide bonds. The van der Waals surface area contributed by atoms with Gasteiger partial charge in [-0.3, -0.25) is 14.9 Å². The monoisotopic (exact) mass is 304 g/mol. The van der Waals surface area contributed by atoms with Crippen molar-refractivity contribution in [3.8, 4) is 0 Å². The van der Waals surface area contributed by atoms with Crippen molar-refractivity contribution in [3.05, 3.63) is 46.0 Å². The minimum absolute atomic E-state index is 0.00321. The Bertz CT molecular complexity index is 538. The van der Waals surface area contributed by atoms with E-state index >= 15 is 0 Å². The second-order valence-corrected chi connectivity index (χ2v) is 5.88. The Balaban J connectivity index is 2.53. The highest BCUT2D eigenvalue weighted by molar-refractivity contribution is 5.92. The zero-order valence-corrected chi connectivity index (χ0v) is 13.4. The molecule has 1 aromatic rings. The lowest BCUT2D eigenvalue weighted by Gasteiger charge is -2.13. The SMILES string of the molecule is CC(C)CCCC(C)NC(=O)/C=C/c1ccccc1[N+](=O)[O-]. The van der Waals surface area contributed by atoms with Gasteiger partial charge in [-0.1, -0.05) is 38.8 Å². The number of hydrogen-bond donors (Lipinski definition) is 1. The van der Waals surface area contributed by atoms with Gasteiger partial charge in [-0.15, -0.1) is 0 Å². The molecule has 0 radical (unpaired) electrons. The van der Waals surface area contributed by atoms with Crippen molar-refractivity contribution in [3.63, 3.8) is 0 Å². The van der Waals surface area contributed by atoms with E-state index in [1.807, 2.05) is 6.92 Å². The predicted molar refractivity (Wildman–Crippen MR) is 88.4 cm³/mol. The molecule has 0 saturated carbocycles. The molecule has 0 aromatic heterocycles. The average molecular weight is 304 g/mol. The summed E-state index contributed by atoms with van der Waals surface area (Å²) in [5, 5.41) is 13.8. The smallest absolute Gasteiger partial charge is 0.276 e. The number of nitro benzene ring substituents is 1. The van der Waals surface area contributed by atoms with Crippen LogP contribution in [0.15, 0.2) is 30.3 Å². The number of carbonyl (C=O) groups excluding carboxylic acids is 1. The summed E-state index contributed by atoms with van der Waals surface area (Å²) in [5.41, 5.74) is 0.423. The van der Waals surface area contributed by atoms with E-state index in [1.54, 1.807) is 18.2 Å². The first kappa shape index (κ1) is 17.9. The molecule has 0 spiro atoms. The largest absolute Gasteiger partial charge is 0.350 e. The van der Waals surface area contributed by atoms with Gasteiger partial charge in [-0.05, 0) is 31.4 Å². The molecule has 120 valence electrons. The summed E-state index contributed by atoms with van der Waals surface area (Å²) >= 11 is 0.